The van der Waals surface area contributed by atoms with Gasteiger partial charge >= 0.3 is 0 Å². The Labute approximate surface area is 99.6 Å². The first-order chi connectivity index (χ1) is 8.06. The van der Waals surface area contributed by atoms with E-state index in [2.05, 4.69) is 10.2 Å². The van der Waals surface area contributed by atoms with E-state index < -0.39 is 10.7 Å². The minimum Gasteiger partial charge on any atom is -0.311 e. The Morgan fingerprint density at radius 2 is 2.24 bits per heavy atom. The fourth-order valence-electron chi connectivity index (χ4n) is 1.18. The summed E-state index contributed by atoms with van der Waals surface area (Å²) in [4.78, 5) is 10.3. The molecule has 0 radical (unpaired) electrons. The molecular formula is C9H7FN4O2S. The van der Waals surface area contributed by atoms with Crippen molar-refractivity contribution in [1.82, 2.24) is 14.8 Å². The molecule has 1 aromatic heterocycles. The van der Waals surface area contributed by atoms with Gasteiger partial charge in [-0.15, -0.1) is 10.2 Å². The summed E-state index contributed by atoms with van der Waals surface area (Å²) in [5, 5.41) is 18.6. The SMILES string of the molecule is Cn1cnnc1Sc1cc(F)cc([N+](=O)[O-])c1. The molecule has 88 valence electrons. The van der Waals surface area contributed by atoms with Gasteiger partial charge in [0.1, 0.15) is 12.1 Å². The van der Waals surface area contributed by atoms with Crippen LogP contribution in [0.4, 0.5) is 10.1 Å². The highest BCUT2D eigenvalue weighted by atomic mass is 32.2. The molecular weight excluding hydrogens is 247 g/mol. The average Bonchev–Trinajstić information content (AvgIpc) is 2.63. The molecule has 8 heteroatoms. The van der Waals surface area contributed by atoms with E-state index in [-0.39, 0.29) is 5.69 Å². The van der Waals surface area contributed by atoms with Gasteiger partial charge in [0.15, 0.2) is 5.16 Å². The number of non-ortho nitro benzene ring substituents is 1. The second-order valence-electron chi connectivity index (χ2n) is 3.23. The summed E-state index contributed by atoms with van der Waals surface area (Å²) >= 11 is 1.11. The molecule has 0 amide bonds. The van der Waals surface area contributed by atoms with Crippen LogP contribution in [0, 0.1) is 15.9 Å². The summed E-state index contributed by atoms with van der Waals surface area (Å²) < 4.78 is 14.8. The molecule has 2 rings (SSSR count). The zero-order valence-electron chi connectivity index (χ0n) is 8.70. The van der Waals surface area contributed by atoms with Crippen molar-refractivity contribution < 1.29 is 9.31 Å². The van der Waals surface area contributed by atoms with E-state index in [4.69, 9.17) is 0 Å². The summed E-state index contributed by atoms with van der Waals surface area (Å²) in [6.45, 7) is 0. The Balaban J connectivity index is 2.33. The van der Waals surface area contributed by atoms with Gasteiger partial charge in [-0.25, -0.2) is 4.39 Å². The lowest BCUT2D eigenvalue weighted by Crippen LogP contribution is -1.92. The van der Waals surface area contributed by atoms with E-state index in [0.717, 1.165) is 17.8 Å². The maximum absolute atomic E-state index is 13.2. The van der Waals surface area contributed by atoms with Crippen molar-refractivity contribution >= 4 is 17.4 Å². The van der Waals surface area contributed by atoms with Gasteiger partial charge in [0.2, 0.25) is 0 Å². The number of nitrogens with zero attached hydrogens (tertiary/aromatic N) is 4. The number of aryl methyl sites for hydroxylation is 1. The normalized spacial score (nSPS) is 10.5. The van der Waals surface area contributed by atoms with E-state index in [1.54, 1.807) is 11.6 Å². The Kier molecular flexibility index (Phi) is 3.05. The molecule has 1 heterocycles. The fraction of sp³-hybridized carbons (Fsp3) is 0.111. The van der Waals surface area contributed by atoms with Crippen LogP contribution in [0.5, 0.6) is 0 Å². The zero-order valence-corrected chi connectivity index (χ0v) is 9.52. The number of hydrogen-bond donors (Lipinski definition) is 0. The van der Waals surface area contributed by atoms with E-state index in [0.29, 0.717) is 10.1 Å². The van der Waals surface area contributed by atoms with E-state index in [1.807, 2.05) is 0 Å². The van der Waals surface area contributed by atoms with Gasteiger partial charge in [0.25, 0.3) is 5.69 Å². The summed E-state index contributed by atoms with van der Waals surface area (Å²) in [6.07, 6.45) is 1.50. The summed E-state index contributed by atoms with van der Waals surface area (Å²) in [5.41, 5.74) is -0.283. The largest absolute Gasteiger partial charge is 0.311 e. The van der Waals surface area contributed by atoms with Crippen LogP contribution in [-0.2, 0) is 7.05 Å². The van der Waals surface area contributed by atoms with Crippen LogP contribution in [-0.4, -0.2) is 19.7 Å². The molecule has 0 unspecified atom stereocenters. The van der Waals surface area contributed by atoms with Crippen LogP contribution in [0.15, 0.2) is 34.6 Å². The zero-order chi connectivity index (χ0) is 12.4. The lowest BCUT2D eigenvalue weighted by Gasteiger charge is -2.00. The van der Waals surface area contributed by atoms with E-state index in [9.17, 15) is 14.5 Å². The third-order valence-electron chi connectivity index (χ3n) is 1.95. The van der Waals surface area contributed by atoms with Crippen LogP contribution < -0.4 is 0 Å². The van der Waals surface area contributed by atoms with Gasteiger partial charge in [-0.05, 0) is 17.8 Å². The first-order valence-corrected chi connectivity index (χ1v) is 5.35. The van der Waals surface area contributed by atoms with E-state index in [1.165, 1.54) is 18.5 Å². The van der Waals surface area contributed by atoms with Crippen molar-refractivity contribution in [3.63, 3.8) is 0 Å². The molecule has 0 aliphatic carbocycles. The predicted molar refractivity (Wildman–Crippen MR) is 58.2 cm³/mol. The van der Waals surface area contributed by atoms with Crippen LogP contribution >= 0.6 is 11.8 Å². The Bertz CT molecular complexity index is 572. The molecule has 0 saturated carbocycles. The molecule has 0 aliphatic heterocycles. The van der Waals surface area contributed by atoms with Crippen molar-refractivity contribution in [2.45, 2.75) is 10.1 Å². The predicted octanol–water partition coefficient (Wildman–Crippen LogP) is 2.01. The second kappa shape index (κ2) is 4.50. The number of halogens is 1. The molecule has 17 heavy (non-hydrogen) atoms. The molecule has 0 atom stereocenters. The fourth-order valence-corrected chi connectivity index (χ4v) is 2.02. The standard InChI is InChI=1S/C9H7FN4O2S/c1-13-5-11-12-9(13)17-8-3-6(10)2-7(4-8)14(15)16/h2-5H,1H3. The van der Waals surface area contributed by atoms with E-state index >= 15 is 0 Å². The molecule has 6 nitrogen and oxygen atoms in total. The number of benzene rings is 1. The van der Waals surface area contributed by atoms with Gasteiger partial charge in [-0.1, -0.05) is 0 Å². The molecule has 0 spiro atoms. The Hall–Kier alpha value is -1.96. The number of nitro groups is 1. The third-order valence-corrected chi connectivity index (χ3v) is 2.97. The highest BCUT2D eigenvalue weighted by molar-refractivity contribution is 7.99. The topological polar surface area (TPSA) is 73.8 Å². The van der Waals surface area contributed by atoms with Crippen molar-refractivity contribution in [3.05, 3.63) is 40.5 Å². The summed E-state index contributed by atoms with van der Waals surface area (Å²) in [5.74, 6) is -0.649. The molecule has 0 N–H and O–H groups in total. The minimum absolute atomic E-state index is 0.283. The van der Waals surface area contributed by atoms with Crippen molar-refractivity contribution in [3.8, 4) is 0 Å². The molecule has 0 saturated heterocycles. The highest BCUT2D eigenvalue weighted by Crippen LogP contribution is 2.29. The van der Waals surface area contributed by atoms with Crippen LogP contribution in [0.2, 0.25) is 0 Å². The first-order valence-electron chi connectivity index (χ1n) is 4.53. The maximum Gasteiger partial charge on any atom is 0.273 e. The molecule has 2 aromatic rings. The lowest BCUT2D eigenvalue weighted by atomic mass is 10.3. The van der Waals surface area contributed by atoms with Gasteiger partial charge in [0.05, 0.1) is 11.0 Å². The number of rotatable bonds is 3. The smallest absolute Gasteiger partial charge is 0.273 e. The monoisotopic (exact) mass is 254 g/mol. The minimum atomic E-state index is -0.649. The third kappa shape index (κ3) is 2.59. The van der Waals surface area contributed by atoms with Gasteiger partial charge in [-0.2, -0.15) is 0 Å². The quantitative estimate of drug-likeness (QED) is 0.618. The maximum atomic E-state index is 13.2. The highest BCUT2D eigenvalue weighted by Gasteiger charge is 2.12. The van der Waals surface area contributed by atoms with Crippen molar-refractivity contribution in [2.75, 3.05) is 0 Å². The second-order valence-corrected chi connectivity index (χ2v) is 4.27. The van der Waals surface area contributed by atoms with Gasteiger partial charge in [-0.3, -0.25) is 10.1 Å². The lowest BCUT2D eigenvalue weighted by molar-refractivity contribution is -0.385. The summed E-state index contributed by atoms with van der Waals surface area (Å²) in [7, 11) is 1.73. The van der Waals surface area contributed by atoms with Crippen molar-refractivity contribution in [2.24, 2.45) is 7.05 Å². The van der Waals surface area contributed by atoms with Crippen molar-refractivity contribution in [1.29, 1.82) is 0 Å². The van der Waals surface area contributed by atoms with Gasteiger partial charge < -0.3 is 4.57 Å². The first kappa shape index (κ1) is 11.5. The molecule has 0 aliphatic rings. The average molecular weight is 254 g/mol. The Morgan fingerprint density at radius 1 is 1.47 bits per heavy atom. The number of nitro benzene ring substituents is 1. The van der Waals surface area contributed by atoms with Crippen LogP contribution in [0.3, 0.4) is 0 Å². The Morgan fingerprint density at radius 3 is 2.82 bits per heavy atom. The number of hydrogen-bond acceptors (Lipinski definition) is 5. The number of aromatic nitrogens is 3. The molecule has 0 fully saturated rings. The van der Waals surface area contributed by atoms with Crippen LogP contribution in [0.1, 0.15) is 0 Å². The summed E-state index contributed by atoms with van der Waals surface area (Å²) in [6, 6.07) is 3.38. The molecule has 0 bridgehead atoms. The van der Waals surface area contributed by atoms with Gasteiger partial charge in [0, 0.05) is 18.0 Å². The van der Waals surface area contributed by atoms with Crippen LogP contribution in [0.25, 0.3) is 0 Å². The molecule has 1 aromatic carbocycles.